The minimum atomic E-state index is -0.773. The number of piperidine rings is 1. The van der Waals surface area contributed by atoms with Gasteiger partial charge in [0.2, 0.25) is 0 Å². The molecule has 1 unspecified atom stereocenters. The second-order valence-electron chi connectivity index (χ2n) is 6.19. The number of rotatable bonds is 5. The van der Waals surface area contributed by atoms with Gasteiger partial charge in [-0.3, -0.25) is 0 Å². The normalized spacial score (nSPS) is 19.2. The zero-order valence-corrected chi connectivity index (χ0v) is 13.2. The van der Waals surface area contributed by atoms with Crippen molar-refractivity contribution >= 4 is 12.2 Å². The Bertz CT molecular complexity index is 355. The molecule has 3 N–H and O–H groups in total. The fourth-order valence-corrected chi connectivity index (χ4v) is 2.27. The molecule has 0 spiro atoms. The van der Waals surface area contributed by atoms with E-state index in [1.807, 2.05) is 20.8 Å². The minimum absolute atomic E-state index is 0.113. The van der Waals surface area contributed by atoms with Gasteiger partial charge in [-0.2, -0.15) is 0 Å². The summed E-state index contributed by atoms with van der Waals surface area (Å²) >= 11 is 0. The maximum Gasteiger partial charge on any atom is 0.410 e. The monoisotopic (exact) mass is 301 g/mol. The topological polar surface area (TPSA) is 93.9 Å². The van der Waals surface area contributed by atoms with Crippen LogP contribution in [0.3, 0.4) is 0 Å². The number of likely N-dealkylation sites (tertiary alicyclic amines) is 1. The van der Waals surface area contributed by atoms with E-state index in [0.29, 0.717) is 13.1 Å². The van der Waals surface area contributed by atoms with E-state index in [9.17, 15) is 9.59 Å². The highest BCUT2D eigenvalue weighted by atomic mass is 16.6. The molecule has 0 aromatic carbocycles. The first kappa shape index (κ1) is 17.6. The first-order valence-corrected chi connectivity index (χ1v) is 7.42. The van der Waals surface area contributed by atoms with Crippen molar-refractivity contribution < 1.29 is 19.1 Å². The van der Waals surface area contributed by atoms with Crippen LogP contribution in [0.4, 0.5) is 9.59 Å². The van der Waals surface area contributed by atoms with Crippen LogP contribution in [-0.4, -0.2) is 55.0 Å². The highest BCUT2D eigenvalue weighted by molar-refractivity contribution is 5.68. The molecule has 0 aromatic heterocycles. The van der Waals surface area contributed by atoms with Crippen LogP contribution < -0.4 is 11.1 Å². The Morgan fingerprint density at radius 3 is 2.67 bits per heavy atom. The van der Waals surface area contributed by atoms with Gasteiger partial charge < -0.3 is 25.4 Å². The van der Waals surface area contributed by atoms with E-state index < -0.39 is 11.7 Å². The summed E-state index contributed by atoms with van der Waals surface area (Å²) in [6.07, 6.45) is 2.01. The number of carbonyl (C=O) groups excluding carboxylic acids is 2. The Kier molecular flexibility index (Phi) is 6.74. The number of hydrogen-bond donors (Lipinski definition) is 2. The summed E-state index contributed by atoms with van der Waals surface area (Å²) in [4.78, 5) is 24.4. The SMILES string of the molecule is CC(C)(C)OC(=O)N1CCCCC1CNCCOC(N)=O. The van der Waals surface area contributed by atoms with E-state index in [1.165, 1.54) is 0 Å². The minimum Gasteiger partial charge on any atom is -0.448 e. The smallest absolute Gasteiger partial charge is 0.410 e. The number of nitrogens with one attached hydrogen (secondary N) is 1. The van der Waals surface area contributed by atoms with Gasteiger partial charge in [-0.25, -0.2) is 9.59 Å². The molecule has 0 saturated carbocycles. The summed E-state index contributed by atoms with van der Waals surface area (Å²) in [5, 5.41) is 3.18. The van der Waals surface area contributed by atoms with Crippen LogP contribution in [0.25, 0.3) is 0 Å². The fourth-order valence-electron chi connectivity index (χ4n) is 2.27. The van der Waals surface area contributed by atoms with E-state index in [2.05, 4.69) is 10.1 Å². The van der Waals surface area contributed by atoms with Crippen LogP contribution in [0.5, 0.6) is 0 Å². The standard InChI is InChI=1S/C14H27N3O4/c1-14(2,3)21-13(19)17-8-5-4-6-11(17)10-16-7-9-20-12(15)18/h11,16H,4-10H2,1-3H3,(H2,15,18). The van der Waals surface area contributed by atoms with E-state index in [-0.39, 0.29) is 18.7 Å². The van der Waals surface area contributed by atoms with Crippen molar-refractivity contribution in [1.29, 1.82) is 0 Å². The Morgan fingerprint density at radius 2 is 2.05 bits per heavy atom. The van der Waals surface area contributed by atoms with Gasteiger partial charge in [0.1, 0.15) is 12.2 Å². The molecule has 0 aliphatic carbocycles. The van der Waals surface area contributed by atoms with Crippen LogP contribution in [0.15, 0.2) is 0 Å². The Morgan fingerprint density at radius 1 is 1.33 bits per heavy atom. The zero-order valence-electron chi connectivity index (χ0n) is 13.2. The Balaban J connectivity index is 2.38. The first-order chi connectivity index (χ1) is 9.79. The summed E-state index contributed by atoms with van der Waals surface area (Å²) in [5.74, 6) is 0. The van der Waals surface area contributed by atoms with Gasteiger partial charge in [-0.05, 0) is 40.0 Å². The van der Waals surface area contributed by atoms with Crippen LogP contribution in [0, 0.1) is 0 Å². The average molecular weight is 301 g/mol. The third-order valence-corrected chi connectivity index (χ3v) is 3.16. The largest absolute Gasteiger partial charge is 0.448 e. The second-order valence-corrected chi connectivity index (χ2v) is 6.19. The zero-order chi connectivity index (χ0) is 15.9. The van der Waals surface area contributed by atoms with Crippen LogP contribution in [0.2, 0.25) is 0 Å². The molecule has 21 heavy (non-hydrogen) atoms. The molecule has 2 amide bonds. The number of amides is 2. The highest BCUT2D eigenvalue weighted by Gasteiger charge is 2.30. The summed E-state index contributed by atoms with van der Waals surface area (Å²) in [5.41, 5.74) is 4.40. The number of primary amides is 1. The molecule has 7 nitrogen and oxygen atoms in total. The van der Waals surface area contributed by atoms with E-state index in [0.717, 1.165) is 25.8 Å². The highest BCUT2D eigenvalue weighted by Crippen LogP contribution is 2.19. The lowest BCUT2D eigenvalue weighted by Gasteiger charge is -2.36. The molecule has 1 heterocycles. The fraction of sp³-hybridized carbons (Fsp3) is 0.857. The van der Waals surface area contributed by atoms with Crippen LogP contribution >= 0.6 is 0 Å². The molecule has 1 saturated heterocycles. The lowest BCUT2D eigenvalue weighted by molar-refractivity contribution is 0.00991. The lowest BCUT2D eigenvalue weighted by atomic mass is 10.0. The van der Waals surface area contributed by atoms with Gasteiger partial charge in [0.15, 0.2) is 0 Å². The van der Waals surface area contributed by atoms with Crippen molar-refractivity contribution in [2.75, 3.05) is 26.2 Å². The number of carbonyl (C=O) groups is 2. The third-order valence-electron chi connectivity index (χ3n) is 3.16. The van der Waals surface area contributed by atoms with Gasteiger partial charge >= 0.3 is 12.2 Å². The van der Waals surface area contributed by atoms with Crippen molar-refractivity contribution in [1.82, 2.24) is 10.2 Å². The van der Waals surface area contributed by atoms with Crippen LogP contribution in [0.1, 0.15) is 40.0 Å². The third kappa shape index (κ3) is 7.17. The van der Waals surface area contributed by atoms with Crippen LogP contribution in [-0.2, 0) is 9.47 Å². The maximum atomic E-state index is 12.2. The quantitative estimate of drug-likeness (QED) is 0.750. The molecular formula is C14H27N3O4. The van der Waals surface area contributed by atoms with Gasteiger partial charge in [0.05, 0.1) is 0 Å². The van der Waals surface area contributed by atoms with Crippen molar-refractivity contribution in [2.45, 2.75) is 51.7 Å². The molecule has 0 radical (unpaired) electrons. The van der Waals surface area contributed by atoms with E-state index in [1.54, 1.807) is 4.90 Å². The molecule has 1 fully saturated rings. The van der Waals surface area contributed by atoms with Crippen molar-refractivity contribution in [2.24, 2.45) is 5.73 Å². The molecule has 1 aliphatic heterocycles. The molecule has 1 rings (SSSR count). The number of nitrogens with two attached hydrogens (primary N) is 1. The number of hydrogen-bond acceptors (Lipinski definition) is 5. The predicted molar refractivity (Wildman–Crippen MR) is 79.0 cm³/mol. The average Bonchev–Trinajstić information content (AvgIpc) is 2.36. The molecule has 7 heteroatoms. The molecule has 122 valence electrons. The summed E-state index contributed by atoms with van der Waals surface area (Å²) in [6, 6.07) is 0.113. The van der Waals surface area contributed by atoms with Gasteiger partial charge in [-0.15, -0.1) is 0 Å². The molecule has 1 atom stereocenters. The van der Waals surface area contributed by atoms with Crippen molar-refractivity contribution in [3.63, 3.8) is 0 Å². The lowest BCUT2D eigenvalue weighted by Crippen LogP contribution is -2.50. The molecular weight excluding hydrogens is 274 g/mol. The van der Waals surface area contributed by atoms with Gasteiger partial charge in [0, 0.05) is 25.7 Å². The summed E-state index contributed by atoms with van der Waals surface area (Å²) in [7, 11) is 0. The summed E-state index contributed by atoms with van der Waals surface area (Å²) in [6.45, 7) is 7.71. The Labute approximate surface area is 126 Å². The number of ether oxygens (including phenoxy) is 2. The van der Waals surface area contributed by atoms with E-state index >= 15 is 0 Å². The van der Waals surface area contributed by atoms with Gasteiger partial charge in [-0.1, -0.05) is 0 Å². The van der Waals surface area contributed by atoms with E-state index in [4.69, 9.17) is 10.5 Å². The van der Waals surface area contributed by atoms with Crippen molar-refractivity contribution in [3.05, 3.63) is 0 Å². The van der Waals surface area contributed by atoms with Gasteiger partial charge in [0.25, 0.3) is 0 Å². The molecule has 1 aliphatic rings. The summed E-state index contributed by atoms with van der Waals surface area (Å²) < 4.78 is 10.1. The van der Waals surface area contributed by atoms with Crippen molar-refractivity contribution in [3.8, 4) is 0 Å². The molecule has 0 bridgehead atoms. The predicted octanol–water partition coefficient (Wildman–Crippen LogP) is 1.46. The first-order valence-electron chi connectivity index (χ1n) is 7.42. The maximum absolute atomic E-state index is 12.2. The Hall–Kier alpha value is -1.50. The number of nitrogens with zero attached hydrogens (tertiary/aromatic N) is 1. The second kappa shape index (κ2) is 8.07. The molecule has 0 aromatic rings.